The van der Waals surface area contributed by atoms with Gasteiger partial charge in [0.25, 0.3) is 0 Å². The summed E-state index contributed by atoms with van der Waals surface area (Å²) in [4.78, 5) is 12.0. The van der Waals surface area contributed by atoms with Gasteiger partial charge in [-0.15, -0.1) is 0 Å². The van der Waals surface area contributed by atoms with Crippen LogP contribution in [0.1, 0.15) is 44.6 Å². The number of nitrogens with one attached hydrogen (secondary N) is 2. The van der Waals surface area contributed by atoms with Crippen LogP contribution in [0.25, 0.3) is 0 Å². The molecule has 1 atom stereocenters. The van der Waals surface area contributed by atoms with Gasteiger partial charge in [-0.05, 0) is 49.9 Å². The average molecular weight is 290 g/mol. The minimum Gasteiger partial charge on any atom is -0.378 e. The van der Waals surface area contributed by atoms with Crippen molar-refractivity contribution < 1.29 is 9.53 Å². The molecule has 1 amide bonds. The molecule has 0 aromatic heterocycles. The number of carbonyl (C=O) groups excluding carboxylic acids is 1. The lowest BCUT2D eigenvalue weighted by Crippen LogP contribution is -2.25. The minimum absolute atomic E-state index is 0.0405. The van der Waals surface area contributed by atoms with E-state index < -0.39 is 0 Å². The predicted molar refractivity (Wildman–Crippen MR) is 85.3 cm³/mol. The summed E-state index contributed by atoms with van der Waals surface area (Å²) in [6.07, 6.45) is 4.96. The number of ether oxygens (including phenoxy) is 1. The molecule has 21 heavy (non-hydrogen) atoms. The topological polar surface area (TPSA) is 50.4 Å². The number of hydrogen-bond acceptors (Lipinski definition) is 3. The summed E-state index contributed by atoms with van der Waals surface area (Å²) >= 11 is 0. The summed E-state index contributed by atoms with van der Waals surface area (Å²) in [5, 5.41) is 6.31. The van der Waals surface area contributed by atoms with Crippen LogP contribution in [0.5, 0.6) is 0 Å². The summed E-state index contributed by atoms with van der Waals surface area (Å²) in [6.45, 7) is 4.84. The van der Waals surface area contributed by atoms with Gasteiger partial charge in [0.05, 0.1) is 12.5 Å². The Morgan fingerprint density at radius 2 is 2.10 bits per heavy atom. The van der Waals surface area contributed by atoms with Crippen molar-refractivity contribution in [1.29, 1.82) is 0 Å². The molecule has 1 saturated heterocycles. The quantitative estimate of drug-likeness (QED) is 0.759. The first kappa shape index (κ1) is 16.0. The van der Waals surface area contributed by atoms with Crippen LogP contribution < -0.4 is 10.6 Å². The van der Waals surface area contributed by atoms with Crippen molar-refractivity contribution in [1.82, 2.24) is 5.32 Å². The summed E-state index contributed by atoms with van der Waals surface area (Å²) in [7, 11) is 0. The Bertz CT molecular complexity index is 425. The Morgan fingerprint density at radius 3 is 2.76 bits per heavy atom. The van der Waals surface area contributed by atoms with Crippen molar-refractivity contribution in [2.24, 2.45) is 0 Å². The van der Waals surface area contributed by atoms with E-state index in [2.05, 4.69) is 29.7 Å². The van der Waals surface area contributed by atoms with Crippen LogP contribution >= 0.6 is 0 Å². The molecule has 1 heterocycles. The van der Waals surface area contributed by atoms with Crippen LogP contribution in [-0.2, 0) is 16.1 Å². The van der Waals surface area contributed by atoms with Crippen LogP contribution in [0.2, 0.25) is 0 Å². The molecule has 0 bridgehead atoms. The highest BCUT2D eigenvalue weighted by molar-refractivity contribution is 5.91. The SMILES string of the molecule is CCCNCc1ccc(NC(=O)CC2CCCCO2)cc1. The van der Waals surface area contributed by atoms with E-state index in [0.29, 0.717) is 6.42 Å². The van der Waals surface area contributed by atoms with Crippen molar-refractivity contribution in [3.8, 4) is 0 Å². The monoisotopic (exact) mass is 290 g/mol. The Morgan fingerprint density at radius 1 is 1.29 bits per heavy atom. The van der Waals surface area contributed by atoms with Crippen LogP contribution in [-0.4, -0.2) is 25.2 Å². The summed E-state index contributed by atoms with van der Waals surface area (Å²) < 4.78 is 5.59. The first-order chi connectivity index (χ1) is 10.3. The summed E-state index contributed by atoms with van der Waals surface area (Å²) in [6, 6.07) is 8.02. The van der Waals surface area contributed by atoms with Crippen molar-refractivity contribution in [2.45, 2.75) is 51.7 Å². The second-order valence-electron chi connectivity index (χ2n) is 5.61. The fourth-order valence-electron chi connectivity index (χ4n) is 2.50. The molecule has 2 rings (SSSR count). The molecule has 2 N–H and O–H groups in total. The van der Waals surface area contributed by atoms with Crippen molar-refractivity contribution in [3.63, 3.8) is 0 Å². The summed E-state index contributed by atoms with van der Waals surface area (Å²) in [5.41, 5.74) is 2.09. The van der Waals surface area contributed by atoms with Crippen molar-refractivity contribution in [2.75, 3.05) is 18.5 Å². The molecule has 1 aliphatic heterocycles. The van der Waals surface area contributed by atoms with Gasteiger partial charge in [-0.1, -0.05) is 19.1 Å². The standard InChI is InChI=1S/C17H26N2O2/c1-2-10-18-13-14-6-8-15(9-7-14)19-17(20)12-16-5-3-4-11-21-16/h6-9,16,18H,2-5,10-13H2,1H3,(H,19,20). The normalized spacial score (nSPS) is 18.4. The van der Waals surface area contributed by atoms with E-state index in [1.807, 2.05) is 12.1 Å². The Hall–Kier alpha value is -1.39. The largest absolute Gasteiger partial charge is 0.378 e. The van der Waals surface area contributed by atoms with Gasteiger partial charge in [0, 0.05) is 18.8 Å². The second-order valence-corrected chi connectivity index (χ2v) is 5.61. The number of amides is 1. The van der Waals surface area contributed by atoms with Crippen molar-refractivity contribution in [3.05, 3.63) is 29.8 Å². The van der Waals surface area contributed by atoms with Gasteiger partial charge in [-0.3, -0.25) is 4.79 Å². The van der Waals surface area contributed by atoms with E-state index in [4.69, 9.17) is 4.74 Å². The zero-order valence-electron chi connectivity index (χ0n) is 12.9. The van der Waals surface area contributed by atoms with Gasteiger partial charge in [0.1, 0.15) is 0 Å². The number of carbonyl (C=O) groups is 1. The lowest BCUT2D eigenvalue weighted by atomic mass is 10.1. The highest BCUT2D eigenvalue weighted by atomic mass is 16.5. The number of hydrogen-bond donors (Lipinski definition) is 2. The lowest BCUT2D eigenvalue weighted by molar-refractivity contribution is -0.119. The number of anilines is 1. The van der Waals surface area contributed by atoms with E-state index >= 15 is 0 Å². The van der Waals surface area contributed by atoms with E-state index in [0.717, 1.165) is 51.1 Å². The van der Waals surface area contributed by atoms with Gasteiger partial charge in [-0.25, -0.2) is 0 Å². The van der Waals surface area contributed by atoms with Gasteiger partial charge in [0.2, 0.25) is 5.91 Å². The Balaban J connectivity index is 1.75. The molecule has 4 heteroatoms. The molecule has 1 aromatic carbocycles. The first-order valence-corrected chi connectivity index (χ1v) is 7.99. The molecular formula is C17H26N2O2. The van der Waals surface area contributed by atoms with E-state index in [9.17, 15) is 4.79 Å². The van der Waals surface area contributed by atoms with Crippen LogP contribution in [0.3, 0.4) is 0 Å². The third kappa shape index (κ3) is 5.86. The predicted octanol–water partition coefficient (Wildman–Crippen LogP) is 3.08. The maximum absolute atomic E-state index is 12.0. The van der Waals surface area contributed by atoms with Gasteiger partial charge in [0.15, 0.2) is 0 Å². The second kappa shape index (κ2) is 8.80. The van der Waals surface area contributed by atoms with Gasteiger partial charge in [-0.2, -0.15) is 0 Å². The molecule has 4 nitrogen and oxygen atoms in total. The molecule has 0 saturated carbocycles. The van der Waals surface area contributed by atoms with Crippen LogP contribution in [0.4, 0.5) is 5.69 Å². The van der Waals surface area contributed by atoms with E-state index in [-0.39, 0.29) is 12.0 Å². The third-order valence-corrected chi connectivity index (χ3v) is 3.68. The molecule has 1 fully saturated rings. The third-order valence-electron chi connectivity index (χ3n) is 3.68. The molecule has 1 aliphatic rings. The molecule has 0 spiro atoms. The molecule has 0 radical (unpaired) electrons. The molecule has 116 valence electrons. The van der Waals surface area contributed by atoms with Gasteiger partial charge >= 0.3 is 0 Å². The average Bonchev–Trinajstić information content (AvgIpc) is 2.50. The van der Waals surface area contributed by atoms with E-state index in [1.54, 1.807) is 0 Å². The van der Waals surface area contributed by atoms with Crippen LogP contribution in [0, 0.1) is 0 Å². The molecule has 0 aliphatic carbocycles. The highest BCUT2D eigenvalue weighted by Gasteiger charge is 2.17. The molecular weight excluding hydrogens is 264 g/mol. The van der Waals surface area contributed by atoms with Crippen molar-refractivity contribution >= 4 is 11.6 Å². The zero-order chi connectivity index (χ0) is 14.9. The minimum atomic E-state index is 0.0405. The number of rotatable bonds is 7. The maximum Gasteiger partial charge on any atom is 0.226 e. The van der Waals surface area contributed by atoms with E-state index in [1.165, 1.54) is 5.56 Å². The fraction of sp³-hybridized carbons (Fsp3) is 0.588. The smallest absolute Gasteiger partial charge is 0.226 e. The maximum atomic E-state index is 12.0. The lowest BCUT2D eigenvalue weighted by Gasteiger charge is -2.21. The first-order valence-electron chi connectivity index (χ1n) is 7.99. The Kier molecular flexibility index (Phi) is 6.70. The molecule has 1 aromatic rings. The zero-order valence-corrected chi connectivity index (χ0v) is 12.9. The fourth-order valence-corrected chi connectivity index (χ4v) is 2.50. The van der Waals surface area contributed by atoms with Gasteiger partial charge < -0.3 is 15.4 Å². The van der Waals surface area contributed by atoms with Crippen LogP contribution in [0.15, 0.2) is 24.3 Å². The number of benzene rings is 1. The summed E-state index contributed by atoms with van der Waals surface area (Å²) in [5.74, 6) is 0.0405. The Labute approximate surface area is 127 Å². The highest BCUT2D eigenvalue weighted by Crippen LogP contribution is 2.17. The molecule has 1 unspecified atom stereocenters.